The van der Waals surface area contributed by atoms with Gasteiger partial charge in [-0.2, -0.15) is 0 Å². The topological polar surface area (TPSA) is 36.9 Å². The van der Waals surface area contributed by atoms with Crippen molar-refractivity contribution in [1.29, 1.82) is 0 Å². The summed E-state index contributed by atoms with van der Waals surface area (Å²) < 4.78 is 22.1. The van der Waals surface area contributed by atoms with E-state index < -0.39 is 0 Å². The predicted octanol–water partition coefficient (Wildman–Crippen LogP) is 3.94. The van der Waals surface area contributed by atoms with Crippen LogP contribution >= 0.6 is 11.8 Å². The lowest BCUT2D eigenvalue weighted by Crippen LogP contribution is -2.15. The van der Waals surface area contributed by atoms with Crippen molar-refractivity contribution in [3.63, 3.8) is 0 Å². The second-order valence-electron chi connectivity index (χ2n) is 4.85. The summed E-state index contributed by atoms with van der Waals surface area (Å²) in [5, 5.41) is 0. The minimum absolute atomic E-state index is 0.000202. The van der Waals surface area contributed by atoms with E-state index in [2.05, 4.69) is 0 Å². The Labute approximate surface area is 134 Å². The van der Waals surface area contributed by atoms with Crippen molar-refractivity contribution < 1.29 is 18.9 Å². The van der Waals surface area contributed by atoms with Gasteiger partial charge in [0.15, 0.2) is 0 Å². The van der Waals surface area contributed by atoms with Crippen molar-refractivity contribution in [2.24, 2.45) is 0 Å². The zero-order valence-electron chi connectivity index (χ0n) is 12.8. The van der Waals surface area contributed by atoms with Crippen LogP contribution in [0, 0.1) is 0 Å². The molecule has 0 bridgehead atoms. The van der Waals surface area contributed by atoms with E-state index in [0.717, 1.165) is 39.2 Å². The quantitative estimate of drug-likeness (QED) is 0.853. The van der Waals surface area contributed by atoms with Crippen LogP contribution < -0.4 is 18.9 Å². The molecule has 0 spiro atoms. The second-order valence-corrected chi connectivity index (χ2v) is 5.88. The normalized spacial score (nSPS) is 16.4. The second kappa shape index (κ2) is 6.40. The Morgan fingerprint density at radius 1 is 0.955 bits per heavy atom. The van der Waals surface area contributed by atoms with E-state index in [0.29, 0.717) is 0 Å². The minimum Gasteiger partial charge on any atom is -0.497 e. The summed E-state index contributed by atoms with van der Waals surface area (Å²) in [4.78, 5) is 1.02. The van der Waals surface area contributed by atoms with Crippen molar-refractivity contribution >= 4 is 11.8 Å². The molecule has 1 aliphatic rings. The summed E-state index contributed by atoms with van der Waals surface area (Å²) in [6.07, 6.45) is 0.000202. The van der Waals surface area contributed by atoms with Gasteiger partial charge >= 0.3 is 0 Å². The zero-order chi connectivity index (χ0) is 15.5. The minimum atomic E-state index is 0.000202. The van der Waals surface area contributed by atoms with Crippen LogP contribution in [0.4, 0.5) is 0 Å². The predicted molar refractivity (Wildman–Crippen MR) is 86.6 cm³/mol. The summed E-state index contributed by atoms with van der Waals surface area (Å²) in [6.45, 7) is 0. The van der Waals surface area contributed by atoms with Crippen molar-refractivity contribution in [3.8, 4) is 23.0 Å². The van der Waals surface area contributed by atoms with Gasteiger partial charge in [-0.1, -0.05) is 12.1 Å². The number of hydrogen-bond donors (Lipinski definition) is 0. The van der Waals surface area contributed by atoms with Crippen molar-refractivity contribution in [1.82, 2.24) is 0 Å². The molecule has 2 aromatic rings. The first-order chi connectivity index (χ1) is 10.7. The molecule has 0 aliphatic carbocycles. The molecule has 2 aromatic carbocycles. The van der Waals surface area contributed by atoms with E-state index in [1.165, 1.54) is 0 Å². The molecule has 5 heteroatoms. The van der Waals surface area contributed by atoms with Crippen LogP contribution in [0.5, 0.6) is 23.0 Å². The molecular formula is C17H18O4S. The maximum absolute atomic E-state index is 6.15. The lowest BCUT2D eigenvalue weighted by Gasteiger charge is -2.27. The molecule has 116 valence electrons. The lowest BCUT2D eigenvalue weighted by molar-refractivity contribution is 0.216. The first-order valence-electron chi connectivity index (χ1n) is 6.94. The third-order valence-corrected chi connectivity index (χ3v) is 4.75. The number of hydrogen-bond acceptors (Lipinski definition) is 5. The van der Waals surface area contributed by atoms with Gasteiger partial charge in [0.25, 0.3) is 0 Å². The van der Waals surface area contributed by atoms with Gasteiger partial charge in [-0.3, -0.25) is 0 Å². The Bertz CT molecular complexity index is 654. The molecular weight excluding hydrogens is 300 g/mol. The average molecular weight is 318 g/mol. The van der Waals surface area contributed by atoms with Crippen LogP contribution in [0.15, 0.2) is 41.3 Å². The largest absolute Gasteiger partial charge is 0.497 e. The molecule has 0 N–H and O–H groups in total. The molecule has 0 radical (unpaired) electrons. The highest BCUT2D eigenvalue weighted by molar-refractivity contribution is 7.99. The summed E-state index contributed by atoms with van der Waals surface area (Å²) in [6, 6.07) is 11.7. The zero-order valence-corrected chi connectivity index (χ0v) is 13.6. The summed E-state index contributed by atoms with van der Waals surface area (Å²) in [5.74, 6) is 3.99. The molecule has 1 atom stereocenters. The SMILES string of the molecule is COc1ccc([C@@H]2CSc3c(OC)cc(OC)cc3O2)cc1. The van der Waals surface area contributed by atoms with Gasteiger partial charge in [-0.15, -0.1) is 11.8 Å². The highest BCUT2D eigenvalue weighted by Crippen LogP contribution is 2.47. The van der Waals surface area contributed by atoms with Gasteiger partial charge in [0.1, 0.15) is 29.1 Å². The summed E-state index contributed by atoms with van der Waals surface area (Å²) in [5.41, 5.74) is 1.13. The average Bonchev–Trinajstić information content (AvgIpc) is 2.60. The maximum atomic E-state index is 6.15. The van der Waals surface area contributed by atoms with Gasteiger partial charge in [0.05, 0.1) is 26.2 Å². The van der Waals surface area contributed by atoms with Gasteiger partial charge in [0, 0.05) is 17.9 Å². The lowest BCUT2D eigenvalue weighted by atomic mass is 10.1. The standard InChI is InChI=1S/C17H18O4S/c1-18-12-6-4-11(5-7-12)16-10-22-17-14(20-3)8-13(19-2)9-15(17)21-16/h4-9,16H,10H2,1-3H3/t16-/m0/s1. The van der Waals surface area contributed by atoms with Gasteiger partial charge in [0.2, 0.25) is 0 Å². The molecule has 0 aromatic heterocycles. The van der Waals surface area contributed by atoms with Gasteiger partial charge in [-0.25, -0.2) is 0 Å². The summed E-state index contributed by atoms with van der Waals surface area (Å²) >= 11 is 1.74. The van der Waals surface area contributed by atoms with E-state index in [4.69, 9.17) is 18.9 Å². The molecule has 22 heavy (non-hydrogen) atoms. The Kier molecular flexibility index (Phi) is 4.34. The van der Waals surface area contributed by atoms with Gasteiger partial charge < -0.3 is 18.9 Å². The molecule has 4 nitrogen and oxygen atoms in total. The van der Waals surface area contributed by atoms with Gasteiger partial charge in [-0.05, 0) is 17.7 Å². The first-order valence-corrected chi connectivity index (χ1v) is 7.93. The smallest absolute Gasteiger partial charge is 0.141 e. The molecule has 0 fully saturated rings. The van der Waals surface area contributed by atoms with E-state index in [1.54, 1.807) is 33.1 Å². The van der Waals surface area contributed by atoms with Crippen LogP contribution in [-0.2, 0) is 0 Å². The number of thioether (sulfide) groups is 1. The van der Waals surface area contributed by atoms with Crippen molar-refractivity contribution in [2.75, 3.05) is 27.1 Å². The summed E-state index contributed by atoms with van der Waals surface area (Å²) in [7, 11) is 4.96. The van der Waals surface area contributed by atoms with Crippen LogP contribution in [-0.4, -0.2) is 27.1 Å². The van der Waals surface area contributed by atoms with E-state index in [9.17, 15) is 0 Å². The Morgan fingerprint density at radius 3 is 2.32 bits per heavy atom. The monoisotopic (exact) mass is 318 g/mol. The molecule has 0 amide bonds. The maximum Gasteiger partial charge on any atom is 0.141 e. The number of benzene rings is 2. The Morgan fingerprint density at radius 2 is 1.68 bits per heavy atom. The van der Waals surface area contributed by atoms with E-state index in [1.807, 2.05) is 36.4 Å². The Balaban J connectivity index is 1.89. The highest BCUT2D eigenvalue weighted by atomic mass is 32.2. The van der Waals surface area contributed by atoms with Crippen molar-refractivity contribution in [3.05, 3.63) is 42.0 Å². The fraction of sp³-hybridized carbons (Fsp3) is 0.294. The van der Waals surface area contributed by atoms with Crippen LogP contribution in [0.1, 0.15) is 11.7 Å². The van der Waals surface area contributed by atoms with Crippen LogP contribution in [0.3, 0.4) is 0 Å². The molecule has 1 aliphatic heterocycles. The van der Waals surface area contributed by atoms with E-state index in [-0.39, 0.29) is 6.10 Å². The molecule has 0 saturated heterocycles. The van der Waals surface area contributed by atoms with Crippen LogP contribution in [0.25, 0.3) is 0 Å². The van der Waals surface area contributed by atoms with E-state index >= 15 is 0 Å². The van der Waals surface area contributed by atoms with Crippen LogP contribution in [0.2, 0.25) is 0 Å². The number of ether oxygens (including phenoxy) is 4. The highest BCUT2D eigenvalue weighted by Gasteiger charge is 2.25. The molecule has 3 rings (SSSR count). The third kappa shape index (κ3) is 2.81. The Hall–Kier alpha value is -2.01. The fourth-order valence-electron chi connectivity index (χ4n) is 2.38. The molecule has 0 unspecified atom stereocenters. The first kappa shape index (κ1) is 14.9. The number of methoxy groups -OCH3 is 3. The third-order valence-electron chi connectivity index (χ3n) is 3.59. The van der Waals surface area contributed by atoms with Crippen molar-refractivity contribution in [2.45, 2.75) is 11.0 Å². The fourth-order valence-corrected chi connectivity index (χ4v) is 3.49. The number of rotatable bonds is 4. The molecule has 1 heterocycles. The number of fused-ring (bicyclic) bond motifs is 1. The molecule has 0 saturated carbocycles.